The Kier molecular flexibility index (Phi) is 11.7. The van der Waals surface area contributed by atoms with E-state index in [1.54, 1.807) is 6.08 Å². The molecule has 1 aliphatic carbocycles. The Morgan fingerprint density at radius 3 is 2.53 bits per heavy atom. The minimum atomic E-state index is -0.590. The van der Waals surface area contributed by atoms with E-state index in [0.717, 1.165) is 32.4 Å². The highest BCUT2D eigenvalue weighted by molar-refractivity contribution is 5.76. The van der Waals surface area contributed by atoms with Gasteiger partial charge >= 0.3 is 0 Å². The molecule has 0 radical (unpaired) electrons. The third kappa shape index (κ3) is 8.53. The quantitative estimate of drug-likeness (QED) is 0.319. The van der Waals surface area contributed by atoms with E-state index in [2.05, 4.69) is 24.3 Å². The molecule has 0 aliphatic heterocycles. The van der Waals surface area contributed by atoms with Crippen LogP contribution in [0.2, 0.25) is 0 Å². The summed E-state index contributed by atoms with van der Waals surface area (Å²) < 4.78 is 0. The van der Waals surface area contributed by atoms with E-state index in [9.17, 15) is 20.1 Å². The molecule has 1 aromatic carbocycles. The van der Waals surface area contributed by atoms with Crippen molar-refractivity contribution in [3.05, 3.63) is 60.2 Å². The lowest BCUT2D eigenvalue weighted by atomic mass is 9.89. The number of aryl methyl sites for hydroxylation is 1. The van der Waals surface area contributed by atoms with E-state index >= 15 is 0 Å². The number of unbranched alkanes of at least 4 members (excludes halogenated alkanes) is 1. The summed E-state index contributed by atoms with van der Waals surface area (Å²) in [6.45, 7) is 5.50. The van der Waals surface area contributed by atoms with Gasteiger partial charge in [-0.15, -0.1) is 0 Å². The normalized spacial score (nSPS) is 24.4. The Labute approximate surface area is 193 Å². The van der Waals surface area contributed by atoms with Crippen molar-refractivity contribution in [3.63, 3.8) is 0 Å². The summed E-state index contributed by atoms with van der Waals surface area (Å²) in [6, 6.07) is 10.1. The van der Waals surface area contributed by atoms with Gasteiger partial charge in [-0.1, -0.05) is 54.6 Å². The monoisotopic (exact) mass is 443 g/mol. The molecule has 1 aromatic rings. The molecule has 0 saturated heterocycles. The Morgan fingerprint density at radius 1 is 1.12 bits per heavy atom. The lowest BCUT2D eigenvalue weighted by Crippen LogP contribution is -2.30. The number of carbonyl (C=O) groups is 1. The highest BCUT2D eigenvalue weighted by Gasteiger charge is 2.39. The van der Waals surface area contributed by atoms with Crippen LogP contribution in [0, 0.1) is 11.8 Å². The number of nitrogens with zero attached hydrogens (tertiary/aromatic N) is 1. The standard InChI is InChI=1S/C27H41NO4/c1-3-28(4-2)27(32)15-11-6-5-10-14-23-24(26(31)20-25(23)30)19-18-22(29)17-16-21-12-8-7-9-13-21/h5,7-10,12-13,18-19,22-26,29-31H,3-4,6,11,14-17,20H2,1-2H3/t22-,23+,24+,25-,26+/m0/s1. The molecule has 32 heavy (non-hydrogen) atoms. The number of carbonyl (C=O) groups excluding carboxylic acids is 1. The van der Waals surface area contributed by atoms with E-state index < -0.39 is 18.3 Å². The molecular weight excluding hydrogens is 402 g/mol. The van der Waals surface area contributed by atoms with Gasteiger partial charge in [0.15, 0.2) is 0 Å². The first kappa shape index (κ1) is 26.3. The smallest absolute Gasteiger partial charge is 0.222 e. The summed E-state index contributed by atoms with van der Waals surface area (Å²) in [5.41, 5.74) is 1.19. The molecule has 5 heteroatoms. The first-order valence-corrected chi connectivity index (χ1v) is 12.1. The van der Waals surface area contributed by atoms with Crippen molar-refractivity contribution in [1.82, 2.24) is 4.90 Å². The predicted octanol–water partition coefficient (Wildman–Crippen LogP) is 3.88. The van der Waals surface area contributed by atoms with E-state index in [1.165, 1.54) is 5.56 Å². The Bertz CT molecular complexity index is 714. The maximum atomic E-state index is 12.0. The maximum absolute atomic E-state index is 12.0. The lowest BCUT2D eigenvalue weighted by molar-refractivity contribution is -0.130. The van der Waals surface area contributed by atoms with Gasteiger partial charge in [-0.25, -0.2) is 0 Å². The second-order valence-electron chi connectivity index (χ2n) is 8.75. The highest BCUT2D eigenvalue weighted by Crippen LogP contribution is 2.36. The van der Waals surface area contributed by atoms with Crippen molar-refractivity contribution in [3.8, 4) is 0 Å². The SMILES string of the molecule is CCN(CC)C(=O)CCCC=CC[C@@H]1[C@@H](C=C[C@@H](O)CCc2ccccc2)[C@H](O)C[C@@H]1O. The van der Waals surface area contributed by atoms with Crippen molar-refractivity contribution in [2.24, 2.45) is 11.8 Å². The van der Waals surface area contributed by atoms with Gasteiger partial charge in [0, 0.05) is 31.8 Å². The molecule has 178 valence electrons. The maximum Gasteiger partial charge on any atom is 0.222 e. The predicted molar refractivity (Wildman–Crippen MR) is 129 cm³/mol. The average molecular weight is 444 g/mol. The molecule has 0 unspecified atom stereocenters. The molecule has 5 atom stereocenters. The van der Waals surface area contributed by atoms with Crippen LogP contribution in [0.3, 0.4) is 0 Å². The molecule has 1 aliphatic rings. The first-order valence-electron chi connectivity index (χ1n) is 12.1. The topological polar surface area (TPSA) is 81.0 Å². The summed E-state index contributed by atoms with van der Waals surface area (Å²) in [4.78, 5) is 13.9. The summed E-state index contributed by atoms with van der Waals surface area (Å²) in [7, 11) is 0. The molecule has 0 spiro atoms. The fraction of sp³-hybridized carbons (Fsp3) is 0.593. The molecule has 2 rings (SSSR count). The van der Waals surface area contributed by atoms with Gasteiger partial charge < -0.3 is 20.2 Å². The first-order chi connectivity index (χ1) is 15.5. The number of aliphatic hydroxyl groups excluding tert-OH is 3. The van der Waals surface area contributed by atoms with Crippen LogP contribution in [0.4, 0.5) is 0 Å². The zero-order valence-electron chi connectivity index (χ0n) is 19.6. The minimum Gasteiger partial charge on any atom is -0.393 e. The van der Waals surface area contributed by atoms with Crippen LogP contribution in [0.15, 0.2) is 54.6 Å². The third-order valence-corrected chi connectivity index (χ3v) is 6.50. The number of hydrogen-bond acceptors (Lipinski definition) is 4. The van der Waals surface area contributed by atoms with E-state index in [4.69, 9.17) is 0 Å². The Hall–Kier alpha value is -1.95. The van der Waals surface area contributed by atoms with Gasteiger partial charge in [-0.3, -0.25) is 4.79 Å². The van der Waals surface area contributed by atoms with Crippen LogP contribution in [-0.4, -0.2) is 57.5 Å². The zero-order chi connectivity index (χ0) is 23.3. The highest BCUT2D eigenvalue weighted by atomic mass is 16.3. The van der Waals surface area contributed by atoms with Crippen molar-refractivity contribution in [1.29, 1.82) is 0 Å². The van der Waals surface area contributed by atoms with E-state index in [-0.39, 0.29) is 17.7 Å². The molecule has 3 N–H and O–H groups in total. The van der Waals surface area contributed by atoms with E-state index in [1.807, 2.05) is 43.0 Å². The number of aliphatic hydroxyl groups is 3. The van der Waals surface area contributed by atoms with Crippen LogP contribution < -0.4 is 0 Å². The van der Waals surface area contributed by atoms with Crippen LogP contribution in [-0.2, 0) is 11.2 Å². The fourth-order valence-electron chi connectivity index (χ4n) is 4.50. The van der Waals surface area contributed by atoms with E-state index in [0.29, 0.717) is 25.7 Å². The lowest BCUT2D eigenvalue weighted by Gasteiger charge is -2.20. The van der Waals surface area contributed by atoms with Crippen molar-refractivity contribution in [2.45, 2.75) is 77.1 Å². The molecule has 1 saturated carbocycles. The second-order valence-corrected chi connectivity index (χ2v) is 8.75. The summed E-state index contributed by atoms with van der Waals surface area (Å²) >= 11 is 0. The Morgan fingerprint density at radius 2 is 1.84 bits per heavy atom. The molecule has 1 amide bonds. The van der Waals surface area contributed by atoms with Gasteiger partial charge in [0.1, 0.15) is 0 Å². The number of benzene rings is 1. The largest absolute Gasteiger partial charge is 0.393 e. The fourth-order valence-corrected chi connectivity index (χ4v) is 4.50. The molecule has 0 bridgehead atoms. The number of allylic oxidation sites excluding steroid dienone is 2. The molecule has 0 heterocycles. The zero-order valence-corrected chi connectivity index (χ0v) is 19.6. The van der Waals surface area contributed by atoms with Crippen LogP contribution in [0.5, 0.6) is 0 Å². The van der Waals surface area contributed by atoms with Crippen molar-refractivity contribution in [2.75, 3.05) is 13.1 Å². The summed E-state index contributed by atoms with van der Waals surface area (Å²) in [5, 5.41) is 31.1. The van der Waals surface area contributed by atoms with Crippen molar-refractivity contribution < 1.29 is 20.1 Å². The van der Waals surface area contributed by atoms with Gasteiger partial charge in [0.05, 0.1) is 18.3 Å². The van der Waals surface area contributed by atoms with Crippen molar-refractivity contribution >= 4 is 5.91 Å². The molecule has 5 nitrogen and oxygen atoms in total. The van der Waals surface area contributed by atoms with Gasteiger partial charge in [-0.2, -0.15) is 0 Å². The van der Waals surface area contributed by atoms with Gasteiger partial charge in [0.2, 0.25) is 5.91 Å². The molecular formula is C27H41NO4. The number of rotatable bonds is 13. The summed E-state index contributed by atoms with van der Waals surface area (Å²) in [6.07, 6.45) is 10.8. The van der Waals surface area contributed by atoms with Crippen LogP contribution >= 0.6 is 0 Å². The van der Waals surface area contributed by atoms with Crippen LogP contribution in [0.1, 0.15) is 57.9 Å². The number of amides is 1. The average Bonchev–Trinajstić information content (AvgIpc) is 3.06. The summed E-state index contributed by atoms with van der Waals surface area (Å²) in [5.74, 6) is -0.0184. The van der Waals surface area contributed by atoms with Gasteiger partial charge in [0.25, 0.3) is 0 Å². The minimum absolute atomic E-state index is 0.0591. The second kappa shape index (κ2) is 14.2. The third-order valence-electron chi connectivity index (χ3n) is 6.50. The molecule has 0 aromatic heterocycles. The molecule has 1 fully saturated rings. The Balaban J connectivity index is 1.77. The van der Waals surface area contributed by atoms with Gasteiger partial charge in [-0.05, 0) is 57.4 Å². The van der Waals surface area contributed by atoms with Crippen LogP contribution in [0.25, 0.3) is 0 Å². The number of hydrogen-bond donors (Lipinski definition) is 3.